The molecule has 9 heteroatoms. The lowest BCUT2D eigenvalue weighted by molar-refractivity contribution is 0.00578. The summed E-state index contributed by atoms with van der Waals surface area (Å²) in [6.07, 6.45) is 5.61. The van der Waals surface area contributed by atoms with Crippen LogP contribution in [0.2, 0.25) is 0 Å². The van der Waals surface area contributed by atoms with Gasteiger partial charge in [0, 0.05) is 32.8 Å². The summed E-state index contributed by atoms with van der Waals surface area (Å²) in [4.78, 5) is 0. The summed E-state index contributed by atoms with van der Waals surface area (Å²) in [5.74, 6) is 0.880. The van der Waals surface area contributed by atoms with Gasteiger partial charge >= 0.3 is 7.12 Å². The highest BCUT2D eigenvalue weighted by Crippen LogP contribution is 2.54. The van der Waals surface area contributed by atoms with Crippen LogP contribution in [-0.4, -0.2) is 85.3 Å². The van der Waals surface area contributed by atoms with Crippen molar-refractivity contribution >= 4 is 12.6 Å². The van der Waals surface area contributed by atoms with Gasteiger partial charge in [-0.25, -0.2) is 0 Å². The number of methoxy groups -OCH3 is 2. The van der Waals surface area contributed by atoms with E-state index >= 15 is 0 Å². The maximum absolute atomic E-state index is 6.55. The maximum atomic E-state index is 6.55. The highest BCUT2D eigenvalue weighted by molar-refractivity contribution is 6.62. The second kappa shape index (κ2) is 17.6. The molecule has 1 aliphatic heterocycles. The van der Waals surface area contributed by atoms with Gasteiger partial charge < -0.3 is 38.7 Å². The van der Waals surface area contributed by atoms with Crippen LogP contribution in [0.1, 0.15) is 77.3 Å². The van der Waals surface area contributed by atoms with E-state index in [9.17, 15) is 0 Å². The molecule has 1 saturated heterocycles. The molecule has 8 nitrogen and oxygen atoms in total. The maximum Gasteiger partial charge on any atom is 0.494 e. The molecule has 3 aromatic rings. The van der Waals surface area contributed by atoms with Gasteiger partial charge in [0.15, 0.2) is 0 Å². The topological polar surface area (TPSA) is 90.6 Å². The Hall–Kier alpha value is -2.76. The Balaban J connectivity index is 1.51. The number of benzene rings is 3. The average Bonchev–Trinajstić information content (AvgIpc) is 3.50. The van der Waals surface area contributed by atoms with Crippen LogP contribution in [-0.2, 0) is 33.7 Å². The van der Waals surface area contributed by atoms with E-state index in [1.54, 1.807) is 14.2 Å². The Kier molecular flexibility index (Phi) is 13.6. The fraction of sp³-hybridized carbons (Fsp3) is 0.561. The van der Waals surface area contributed by atoms with Crippen LogP contribution in [0.3, 0.4) is 0 Å². The Labute approximate surface area is 300 Å². The molecule has 0 unspecified atom stereocenters. The lowest BCUT2D eigenvalue weighted by atomic mass is 9.69. The Morgan fingerprint density at radius 3 is 1.74 bits per heavy atom. The van der Waals surface area contributed by atoms with Gasteiger partial charge in [0.2, 0.25) is 0 Å². The Morgan fingerprint density at radius 1 is 0.600 bits per heavy atom. The molecule has 1 aliphatic carbocycles. The molecule has 1 fully saturated rings. The zero-order chi connectivity index (χ0) is 35.6. The highest BCUT2D eigenvalue weighted by atomic mass is 16.7. The quantitative estimate of drug-likeness (QED) is 0.0954. The van der Waals surface area contributed by atoms with E-state index in [0.29, 0.717) is 52.8 Å². The fourth-order valence-corrected chi connectivity index (χ4v) is 7.10. The number of nitrogens with two attached hydrogens (primary N) is 1. The summed E-state index contributed by atoms with van der Waals surface area (Å²) >= 11 is 0. The van der Waals surface area contributed by atoms with Crippen molar-refractivity contribution in [3.05, 3.63) is 71.8 Å². The summed E-state index contributed by atoms with van der Waals surface area (Å²) in [5.41, 5.74) is 13.2. The summed E-state index contributed by atoms with van der Waals surface area (Å²) in [6, 6.07) is 22.2. The van der Waals surface area contributed by atoms with Gasteiger partial charge in [-0.3, -0.25) is 0 Å². The summed E-state index contributed by atoms with van der Waals surface area (Å²) < 4.78 is 41.5. The van der Waals surface area contributed by atoms with E-state index in [4.69, 9.17) is 38.7 Å². The van der Waals surface area contributed by atoms with Crippen LogP contribution >= 0.6 is 0 Å². The molecule has 272 valence electrons. The molecular weight excluding hydrogens is 629 g/mol. The summed E-state index contributed by atoms with van der Waals surface area (Å²) in [7, 11) is 2.98. The van der Waals surface area contributed by atoms with E-state index in [1.165, 1.54) is 27.8 Å². The van der Waals surface area contributed by atoms with E-state index in [-0.39, 0.29) is 5.41 Å². The largest absolute Gasteiger partial charge is 0.494 e. The first-order valence-electron chi connectivity index (χ1n) is 18.4. The molecule has 1 heterocycles. The molecule has 50 heavy (non-hydrogen) atoms. The van der Waals surface area contributed by atoms with Crippen molar-refractivity contribution in [1.29, 1.82) is 0 Å². The van der Waals surface area contributed by atoms with Crippen LogP contribution in [0.5, 0.6) is 5.75 Å². The molecule has 2 aliphatic rings. The minimum Gasteiger partial charge on any atom is -0.494 e. The molecule has 0 spiro atoms. The molecule has 0 amide bonds. The Morgan fingerprint density at radius 2 is 1.16 bits per heavy atom. The van der Waals surface area contributed by atoms with E-state index in [0.717, 1.165) is 55.3 Å². The molecule has 3 aromatic carbocycles. The van der Waals surface area contributed by atoms with Gasteiger partial charge in [-0.1, -0.05) is 42.5 Å². The first kappa shape index (κ1) is 38.5. The van der Waals surface area contributed by atoms with Gasteiger partial charge in [-0.15, -0.1) is 0 Å². The molecule has 0 saturated carbocycles. The summed E-state index contributed by atoms with van der Waals surface area (Å²) in [6.45, 7) is 13.5. The van der Waals surface area contributed by atoms with Crippen molar-refractivity contribution in [2.24, 2.45) is 5.73 Å². The average molecular weight is 688 g/mol. The lowest BCUT2D eigenvalue weighted by Crippen LogP contribution is -2.41. The SMILES string of the molecule is COCCOCCCC1(CCCOCCOC)c2cc(B3OC(C)(C)C(C)(C)O3)ccc2-c2ccc(-c3ccc(OCCCCN)cc3)cc21. The van der Waals surface area contributed by atoms with E-state index in [1.807, 2.05) is 0 Å². The van der Waals surface area contributed by atoms with Crippen LogP contribution < -0.4 is 15.9 Å². The zero-order valence-electron chi connectivity index (χ0n) is 31.2. The lowest BCUT2D eigenvalue weighted by Gasteiger charge is -2.33. The van der Waals surface area contributed by atoms with Crippen LogP contribution in [0.25, 0.3) is 22.3 Å². The van der Waals surface area contributed by atoms with Gasteiger partial charge in [0.1, 0.15) is 5.75 Å². The third kappa shape index (κ3) is 8.81. The van der Waals surface area contributed by atoms with E-state index < -0.39 is 18.3 Å². The second-order valence-electron chi connectivity index (χ2n) is 14.5. The molecule has 0 bridgehead atoms. The van der Waals surface area contributed by atoms with Gasteiger partial charge in [-0.2, -0.15) is 0 Å². The predicted molar refractivity (Wildman–Crippen MR) is 201 cm³/mol. The second-order valence-corrected chi connectivity index (χ2v) is 14.5. The molecule has 0 aromatic heterocycles. The van der Waals surface area contributed by atoms with Gasteiger partial charge in [-0.05, 0) is 130 Å². The van der Waals surface area contributed by atoms with Gasteiger partial charge in [0.25, 0.3) is 0 Å². The molecule has 0 atom stereocenters. The summed E-state index contributed by atoms with van der Waals surface area (Å²) in [5, 5.41) is 0. The standard InChI is InChI=1S/C41H58BNO7/c1-39(2)40(3,4)50-42(49-39)33-14-18-36-35-17-13-32(31-11-15-34(16-12-31)48-24-8-7-21-43)29-37(35)41(38(36)30-33,19-9-22-46-27-25-44-5)20-10-23-47-28-26-45-6/h11-18,29-30H,7-10,19-28,43H2,1-6H3. The predicted octanol–water partition coefficient (Wildman–Crippen LogP) is 6.92. The van der Waals surface area contributed by atoms with E-state index in [2.05, 4.69) is 88.4 Å². The molecular formula is C41H58BNO7. The number of fused-ring (bicyclic) bond motifs is 3. The minimum atomic E-state index is -0.437. The normalized spacial score (nSPS) is 16.8. The van der Waals surface area contributed by atoms with Crippen LogP contribution in [0.4, 0.5) is 0 Å². The Bertz CT molecular complexity index is 1480. The van der Waals surface area contributed by atoms with Crippen LogP contribution in [0.15, 0.2) is 60.7 Å². The first-order valence-corrected chi connectivity index (χ1v) is 18.4. The number of hydrogen-bond acceptors (Lipinski definition) is 8. The fourth-order valence-electron chi connectivity index (χ4n) is 7.10. The van der Waals surface area contributed by atoms with Crippen molar-refractivity contribution in [3.8, 4) is 28.0 Å². The number of rotatable bonds is 21. The molecule has 0 radical (unpaired) electrons. The number of unbranched alkanes of at least 4 members (excludes halogenated alkanes) is 1. The van der Waals surface area contributed by atoms with Crippen molar-refractivity contribution in [2.75, 3.05) is 67.0 Å². The smallest absolute Gasteiger partial charge is 0.494 e. The van der Waals surface area contributed by atoms with Gasteiger partial charge in [0.05, 0.1) is 44.2 Å². The monoisotopic (exact) mass is 687 g/mol. The van der Waals surface area contributed by atoms with Crippen molar-refractivity contribution in [2.45, 2.75) is 82.8 Å². The molecule has 2 N–H and O–H groups in total. The first-order chi connectivity index (χ1) is 24.2. The number of hydrogen-bond donors (Lipinski definition) is 1. The number of ether oxygens (including phenoxy) is 5. The van der Waals surface area contributed by atoms with Crippen LogP contribution in [0, 0.1) is 0 Å². The van der Waals surface area contributed by atoms with Crippen molar-refractivity contribution in [1.82, 2.24) is 0 Å². The third-order valence-corrected chi connectivity index (χ3v) is 10.6. The highest BCUT2D eigenvalue weighted by Gasteiger charge is 2.52. The zero-order valence-corrected chi connectivity index (χ0v) is 31.2. The minimum absolute atomic E-state index is 0.248. The van der Waals surface area contributed by atoms with Crippen molar-refractivity contribution < 1.29 is 33.0 Å². The van der Waals surface area contributed by atoms with Crippen molar-refractivity contribution in [3.63, 3.8) is 0 Å². The molecule has 5 rings (SSSR count). The third-order valence-electron chi connectivity index (χ3n) is 10.6.